The van der Waals surface area contributed by atoms with E-state index in [9.17, 15) is 18.4 Å². The predicted molar refractivity (Wildman–Crippen MR) is 100 cm³/mol. The predicted octanol–water partition coefficient (Wildman–Crippen LogP) is 1.78. The van der Waals surface area contributed by atoms with Crippen LogP contribution in [-0.2, 0) is 9.59 Å². The van der Waals surface area contributed by atoms with Crippen LogP contribution in [0.2, 0.25) is 0 Å². The third-order valence-electron chi connectivity index (χ3n) is 4.24. The van der Waals surface area contributed by atoms with Crippen molar-refractivity contribution in [1.29, 1.82) is 0 Å². The first-order chi connectivity index (χ1) is 13.5. The highest BCUT2D eigenvalue weighted by atomic mass is 19.1. The SMILES string of the molecule is O=C(/C=C/c1ccccc1)NCC(=O)NC1CC(c2c(F)cccc2F)NN1. The van der Waals surface area contributed by atoms with Crippen LogP contribution in [0.15, 0.2) is 54.6 Å². The molecule has 2 unspecified atom stereocenters. The lowest BCUT2D eigenvalue weighted by atomic mass is 10.0. The van der Waals surface area contributed by atoms with Crippen LogP contribution in [0.5, 0.6) is 0 Å². The van der Waals surface area contributed by atoms with Gasteiger partial charge in [0.15, 0.2) is 0 Å². The molecule has 0 radical (unpaired) electrons. The molecule has 0 bridgehead atoms. The second kappa shape index (κ2) is 9.20. The van der Waals surface area contributed by atoms with Crippen molar-refractivity contribution in [2.45, 2.75) is 18.6 Å². The molecule has 1 aliphatic heterocycles. The van der Waals surface area contributed by atoms with E-state index in [-0.39, 0.29) is 18.5 Å². The molecule has 2 aromatic rings. The molecule has 0 saturated carbocycles. The van der Waals surface area contributed by atoms with Gasteiger partial charge in [0.25, 0.3) is 0 Å². The smallest absolute Gasteiger partial charge is 0.244 e. The van der Waals surface area contributed by atoms with E-state index in [1.54, 1.807) is 6.08 Å². The Bertz CT molecular complexity index is 854. The number of nitrogens with one attached hydrogen (secondary N) is 4. The minimum atomic E-state index is -0.649. The molecule has 1 saturated heterocycles. The minimum absolute atomic E-state index is 0.0777. The van der Waals surface area contributed by atoms with E-state index >= 15 is 0 Å². The Balaban J connectivity index is 1.44. The monoisotopic (exact) mass is 386 g/mol. The Morgan fingerprint density at radius 3 is 2.46 bits per heavy atom. The molecule has 3 rings (SSSR count). The van der Waals surface area contributed by atoms with Crippen LogP contribution in [0.25, 0.3) is 6.08 Å². The number of hydrazine groups is 1. The van der Waals surface area contributed by atoms with E-state index in [1.165, 1.54) is 24.3 Å². The van der Waals surface area contributed by atoms with Gasteiger partial charge in [0.05, 0.1) is 18.8 Å². The fourth-order valence-corrected chi connectivity index (χ4v) is 2.89. The average molecular weight is 386 g/mol. The van der Waals surface area contributed by atoms with Gasteiger partial charge in [0.2, 0.25) is 11.8 Å². The van der Waals surface area contributed by atoms with Crippen LogP contribution < -0.4 is 21.5 Å². The first-order valence-electron chi connectivity index (χ1n) is 8.78. The van der Waals surface area contributed by atoms with Gasteiger partial charge in [0.1, 0.15) is 11.6 Å². The lowest BCUT2D eigenvalue weighted by molar-refractivity contribution is -0.124. The van der Waals surface area contributed by atoms with Crippen molar-refractivity contribution in [3.05, 3.63) is 77.4 Å². The molecule has 0 aliphatic carbocycles. The number of carbonyl (C=O) groups excluding carboxylic acids is 2. The molecular weight excluding hydrogens is 366 g/mol. The molecule has 2 amide bonds. The van der Waals surface area contributed by atoms with Crippen molar-refractivity contribution in [1.82, 2.24) is 21.5 Å². The van der Waals surface area contributed by atoms with Gasteiger partial charge in [-0.15, -0.1) is 0 Å². The van der Waals surface area contributed by atoms with Crippen molar-refractivity contribution in [2.75, 3.05) is 6.54 Å². The van der Waals surface area contributed by atoms with Gasteiger partial charge >= 0.3 is 0 Å². The van der Waals surface area contributed by atoms with E-state index in [0.29, 0.717) is 0 Å². The molecule has 0 spiro atoms. The summed E-state index contributed by atoms with van der Waals surface area (Å²) < 4.78 is 27.7. The third-order valence-corrected chi connectivity index (χ3v) is 4.24. The Morgan fingerprint density at radius 2 is 1.75 bits per heavy atom. The van der Waals surface area contributed by atoms with Crippen molar-refractivity contribution in [3.8, 4) is 0 Å². The fourth-order valence-electron chi connectivity index (χ4n) is 2.89. The maximum Gasteiger partial charge on any atom is 0.244 e. The Kier molecular flexibility index (Phi) is 6.46. The molecule has 6 nitrogen and oxygen atoms in total. The van der Waals surface area contributed by atoms with Gasteiger partial charge in [0, 0.05) is 18.1 Å². The highest BCUT2D eigenvalue weighted by Gasteiger charge is 2.29. The molecule has 2 aromatic carbocycles. The summed E-state index contributed by atoms with van der Waals surface area (Å²) in [4.78, 5) is 23.8. The maximum atomic E-state index is 13.8. The van der Waals surface area contributed by atoms with Gasteiger partial charge in [-0.2, -0.15) is 0 Å². The van der Waals surface area contributed by atoms with Crippen LogP contribution in [0.1, 0.15) is 23.6 Å². The van der Waals surface area contributed by atoms with Crippen LogP contribution in [0.4, 0.5) is 8.78 Å². The normalized spacial score (nSPS) is 18.9. The molecule has 146 valence electrons. The third kappa shape index (κ3) is 5.21. The summed E-state index contributed by atoms with van der Waals surface area (Å²) in [6, 6.07) is 12.3. The summed E-state index contributed by atoms with van der Waals surface area (Å²) in [6.45, 7) is -0.213. The molecular formula is C20H20F2N4O2. The molecule has 28 heavy (non-hydrogen) atoms. The van der Waals surface area contributed by atoms with Crippen molar-refractivity contribution < 1.29 is 18.4 Å². The average Bonchev–Trinajstić information content (AvgIpc) is 3.13. The second-order valence-corrected chi connectivity index (χ2v) is 6.29. The standard InChI is InChI=1S/C20H20F2N4O2/c21-14-7-4-8-15(22)20(14)16-11-17(26-25-16)24-19(28)12-23-18(27)10-9-13-5-2-1-3-6-13/h1-10,16-17,25-26H,11-12H2,(H,23,27)(H,24,28)/b10-9+. The van der Waals surface area contributed by atoms with E-state index in [0.717, 1.165) is 5.56 Å². The lowest BCUT2D eigenvalue weighted by Crippen LogP contribution is -2.47. The highest BCUT2D eigenvalue weighted by molar-refractivity contribution is 5.94. The summed E-state index contributed by atoms with van der Waals surface area (Å²) in [5.74, 6) is -2.12. The van der Waals surface area contributed by atoms with Crippen LogP contribution >= 0.6 is 0 Å². The minimum Gasteiger partial charge on any atom is -0.343 e. The summed E-state index contributed by atoms with van der Waals surface area (Å²) in [5.41, 5.74) is 6.35. The van der Waals surface area contributed by atoms with Crippen molar-refractivity contribution in [3.63, 3.8) is 0 Å². The maximum absolute atomic E-state index is 13.8. The van der Waals surface area contributed by atoms with Crippen LogP contribution in [0, 0.1) is 11.6 Å². The zero-order valence-electron chi connectivity index (χ0n) is 14.9. The summed E-state index contributed by atoms with van der Waals surface area (Å²) in [6.07, 6.45) is 2.72. The molecule has 1 heterocycles. The molecule has 1 fully saturated rings. The van der Waals surface area contributed by atoms with Crippen LogP contribution in [-0.4, -0.2) is 24.5 Å². The summed E-state index contributed by atoms with van der Waals surface area (Å²) >= 11 is 0. The van der Waals surface area contributed by atoms with E-state index < -0.39 is 35.7 Å². The molecule has 1 aliphatic rings. The quantitative estimate of drug-likeness (QED) is 0.571. The van der Waals surface area contributed by atoms with E-state index in [2.05, 4.69) is 21.5 Å². The highest BCUT2D eigenvalue weighted by Crippen LogP contribution is 2.26. The zero-order chi connectivity index (χ0) is 19.9. The van der Waals surface area contributed by atoms with E-state index in [4.69, 9.17) is 0 Å². The van der Waals surface area contributed by atoms with Gasteiger partial charge in [-0.25, -0.2) is 19.6 Å². The van der Waals surface area contributed by atoms with Gasteiger partial charge in [-0.3, -0.25) is 9.59 Å². The topological polar surface area (TPSA) is 82.3 Å². The molecule has 2 atom stereocenters. The second-order valence-electron chi connectivity index (χ2n) is 6.29. The number of amides is 2. The Labute approximate surface area is 161 Å². The molecule has 8 heteroatoms. The Morgan fingerprint density at radius 1 is 1.04 bits per heavy atom. The van der Waals surface area contributed by atoms with Gasteiger partial charge in [-0.1, -0.05) is 36.4 Å². The number of carbonyl (C=O) groups is 2. The van der Waals surface area contributed by atoms with Crippen LogP contribution in [0.3, 0.4) is 0 Å². The molecule has 4 N–H and O–H groups in total. The first kappa shape index (κ1) is 19.7. The summed E-state index contributed by atoms with van der Waals surface area (Å²) in [7, 11) is 0. The first-order valence-corrected chi connectivity index (χ1v) is 8.78. The number of benzene rings is 2. The fraction of sp³-hybridized carbons (Fsp3) is 0.200. The number of hydrogen-bond acceptors (Lipinski definition) is 4. The molecule has 0 aromatic heterocycles. The number of hydrogen-bond donors (Lipinski definition) is 4. The van der Waals surface area contributed by atoms with E-state index in [1.807, 2.05) is 30.3 Å². The van der Waals surface area contributed by atoms with Gasteiger partial charge in [-0.05, 0) is 23.8 Å². The van der Waals surface area contributed by atoms with Crippen molar-refractivity contribution in [2.24, 2.45) is 0 Å². The largest absolute Gasteiger partial charge is 0.343 e. The lowest BCUT2D eigenvalue weighted by Gasteiger charge is -2.13. The summed E-state index contributed by atoms with van der Waals surface area (Å²) in [5, 5.41) is 5.13. The van der Waals surface area contributed by atoms with Gasteiger partial charge < -0.3 is 10.6 Å². The Hall–Kier alpha value is -3.10. The zero-order valence-corrected chi connectivity index (χ0v) is 14.9. The number of rotatable bonds is 6. The van der Waals surface area contributed by atoms with Crippen molar-refractivity contribution >= 4 is 17.9 Å². The number of halogens is 2.